The molecule has 2 rings (SSSR count). The number of β-amino-alcohol motifs (C(OH)–C–C–N with tert-alkyl or cyclic N) is 1. The minimum atomic E-state index is -0.371. The van der Waals surface area contributed by atoms with Gasteiger partial charge in [0.1, 0.15) is 0 Å². The summed E-state index contributed by atoms with van der Waals surface area (Å²) in [5.41, 5.74) is 4.76. The molecule has 108 valence electrons. The normalized spacial score (nSPS) is 19.6. The third kappa shape index (κ3) is 3.48. The minimum absolute atomic E-state index is 0.0126. The predicted molar refractivity (Wildman–Crippen MR) is 81.5 cm³/mol. The number of likely N-dealkylation sites (tertiary alicyclic amines) is 1. The quantitative estimate of drug-likeness (QED) is 0.841. The number of amides is 1. The van der Waals surface area contributed by atoms with Gasteiger partial charge in [0.15, 0.2) is 0 Å². The molecule has 20 heavy (non-hydrogen) atoms. The molecule has 1 heterocycles. The average molecular weight is 273 g/mol. The Morgan fingerprint density at radius 1 is 1.25 bits per heavy atom. The van der Waals surface area contributed by atoms with E-state index in [9.17, 15) is 9.90 Å². The summed E-state index contributed by atoms with van der Waals surface area (Å²) in [7, 11) is 0. The summed E-state index contributed by atoms with van der Waals surface area (Å²) >= 11 is 0. The molecular weight excluding hydrogens is 250 g/mol. The van der Waals surface area contributed by atoms with Crippen LogP contribution in [0.5, 0.6) is 0 Å². The van der Waals surface area contributed by atoms with E-state index in [4.69, 9.17) is 0 Å². The lowest BCUT2D eigenvalue weighted by Gasteiger charge is -2.29. The van der Waals surface area contributed by atoms with Gasteiger partial charge in [0, 0.05) is 19.2 Å². The number of piperidine rings is 1. The molecule has 3 heteroatoms. The Morgan fingerprint density at radius 2 is 1.95 bits per heavy atom. The van der Waals surface area contributed by atoms with Crippen LogP contribution < -0.4 is 0 Å². The molecule has 0 aromatic heterocycles. The van der Waals surface area contributed by atoms with Gasteiger partial charge in [0.05, 0.1) is 6.10 Å². The molecule has 1 aliphatic rings. The lowest BCUT2D eigenvalue weighted by atomic mass is 10.0. The summed E-state index contributed by atoms with van der Waals surface area (Å²) in [4.78, 5) is 13.8. The zero-order valence-corrected chi connectivity index (χ0v) is 12.5. The average Bonchev–Trinajstić information content (AvgIpc) is 2.41. The Morgan fingerprint density at radius 3 is 2.65 bits per heavy atom. The number of hydrogen-bond acceptors (Lipinski definition) is 2. The molecule has 1 fully saturated rings. The first kappa shape index (κ1) is 14.8. The summed E-state index contributed by atoms with van der Waals surface area (Å²) in [6.45, 7) is 7.42. The number of aryl methyl sites for hydroxylation is 3. The molecular formula is C17H23NO2. The van der Waals surface area contributed by atoms with Crippen molar-refractivity contribution in [1.82, 2.24) is 4.90 Å². The van der Waals surface area contributed by atoms with Crippen molar-refractivity contribution in [3.63, 3.8) is 0 Å². The van der Waals surface area contributed by atoms with Crippen molar-refractivity contribution >= 4 is 12.0 Å². The van der Waals surface area contributed by atoms with Crippen LogP contribution in [0.2, 0.25) is 0 Å². The Labute approximate surface area is 120 Å². The van der Waals surface area contributed by atoms with Gasteiger partial charge in [0.2, 0.25) is 5.91 Å². The number of carbonyl (C=O) groups excluding carboxylic acids is 1. The Hall–Kier alpha value is -1.61. The van der Waals surface area contributed by atoms with Gasteiger partial charge in [-0.3, -0.25) is 4.79 Å². The lowest BCUT2D eigenvalue weighted by Crippen LogP contribution is -2.41. The first-order valence-corrected chi connectivity index (χ1v) is 7.20. The third-order valence-electron chi connectivity index (χ3n) is 4.00. The highest BCUT2D eigenvalue weighted by molar-refractivity contribution is 5.92. The van der Waals surface area contributed by atoms with Crippen molar-refractivity contribution in [3.05, 3.63) is 40.5 Å². The van der Waals surface area contributed by atoms with Crippen molar-refractivity contribution in [2.45, 2.75) is 39.7 Å². The topological polar surface area (TPSA) is 40.5 Å². The summed E-state index contributed by atoms with van der Waals surface area (Å²) in [5.74, 6) is -0.0126. The first-order chi connectivity index (χ1) is 9.47. The Balaban J connectivity index is 2.09. The minimum Gasteiger partial charge on any atom is -0.391 e. The van der Waals surface area contributed by atoms with Crippen molar-refractivity contribution < 1.29 is 9.90 Å². The Bertz CT molecular complexity index is 534. The van der Waals surface area contributed by atoms with Crippen LogP contribution in [-0.4, -0.2) is 35.1 Å². The predicted octanol–water partition coefficient (Wildman–Crippen LogP) is 2.61. The van der Waals surface area contributed by atoms with Gasteiger partial charge >= 0.3 is 0 Å². The van der Waals surface area contributed by atoms with Crippen LogP contribution in [0.1, 0.15) is 35.1 Å². The van der Waals surface area contributed by atoms with Crippen molar-refractivity contribution in [3.8, 4) is 0 Å². The van der Waals surface area contributed by atoms with Gasteiger partial charge < -0.3 is 10.0 Å². The molecule has 3 nitrogen and oxygen atoms in total. The summed E-state index contributed by atoms with van der Waals surface area (Å²) in [5, 5.41) is 9.61. The van der Waals surface area contributed by atoms with E-state index in [1.807, 2.05) is 6.08 Å². The van der Waals surface area contributed by atoms with Gasteiger partial charge in [0.25, 0.3) is 0 Å². The molecule has 0 saturated carbocycles. The van der Waals surface area contributed by atoms with Gasteiger partial charge in [-0.15, -0.1) is 0 Å². The fraction of sp³-hybridized carbons (Fsp3) is 0.471. The van der Waals surface area contributed by atoms with E-state index in [0.717, 1.165) is 24.9 Å². The van der Waals surface area contributed by atoms with Gasteiger partial charge in [-0.2, -0.15) is 0 Å². The number of rotatable bonds is 2. The molecule has 1 N–H and O–H groups in total. The molecule has 0 spiro atoms. The van der Waals surface area contributed by atoms with Crippen LogP contribution in [0.25, 0.3) is 6.08 Å². The lowest BCUT2D eigenvalue weighted by molar-refractivity contribution is -0.128. The standard InChI is InChI=1S/C17H23NO2/c1-12-9-14(3)15(10-13(12)2)6-7-17(20)18-8-4-5-16(19)11-18/h6-7,9-10,16,19H,4-5,8,11H2,1-3H3. The van der Waals surface area contributed by atoms with E-state index in [1.54, 1.807) is 11.0 Å². The zero-order valence-electron chi connectivity index (χ0n) is 12.5. The second kappa shape index (κ2) is 6.23. The first-order valence-electron chi connectivity index (χ1n) is 7.20. The molecule has 1 aromatic rings. The molecule has 1 aromatic carbocycles. The third-order valence-corrected chi connectivity index (χ3v) is 4.00. The van der Waals surface area contributed by atoms with Crippen LogP contribution >= 0.6 is 0 Å². The van der Waals surface area contributed by atoms with E-state index in [0.29, 0.717) is 6.54 Å². The molecule has 1 unspecified atom stereocenters. The van der Waals surface area contributed by atoms with Crippen LogP contribution in [0.15, 0.2) is 18.2 Å². The number of hydrogen-bond donors (Lipinski definition) is 1. The maximum atomic E-state index is 12.1. The van der Waals surface area contributed by atoms with Crippen LogP contribution in [-0.2, 0) is 4.79 Å². The second-order valence-corrected chi connectivity index (χ2v) is 5.71. The largest absolute Gasteiger partial charge is 0.391 e. The number of carbonyl (C=O) groups is 1. The molecule has 0 aliphatic carbocycles. The summed E-state index contributed by atoms with van der Waals surface area (Å²) in [6, 6.07) is 4.25. The van der Waals surface area contributed by atoms with Crippen LogP contribution in [0, 0.1) is 20.8 Å². The van der Waals surface area contributed by atoms with E-state index in [-0.39, 0.29) is 12.0 Å². The van der Waals surface area contributed by atoms with Gasteiger partial charge in [-0.1, -0.05) is 12.1 Å². The van der Waals surface area contributed by atoms with E-state index >= 15 is 0 Å². The van der Waals surface area contributed by atoms with Crippen molar-refractivity contribution in [2.75, 3.05) is 13.1 Å². The van der Waals surface area contributed by atoms with E-state index in [2.05, 4.69) is 32.9 Å². The number of nitrogens with zero attached hydrogens (tertiary/aromatic N) is 1. The van der Waals surface area contributed by atoms with Gasteiger partial charge in [-0.05, 0) is 61.9 Å². The Kier molecular flexibility index (Phi) is 4.61. The number of aliphatic hydroxyl groups excluding tert-OH is 1. The van der Waals surface area contributed by atoms with E-state index in [1.165, 1.54) is 16.7 Å². The maximum Gasteiger partial charge on any atom is 0.246 e. The highest BCUT2D eigenvalue weighted by Gasteiger charge is 2.20. The smallest absolute Gasteiger partial charge is 0.246 e. The van der Waals surface area contributed by atoms with E-state index < -0.39 is 0 Å². The highest BCUT2D eigenvalue weighted by atomic mass is 16.3. The molecule has 1 amide bonds. The number of benzene rings is 1. The van der Waals surface area contributed by atoms with Gasteiger partial charge in [-0.25, -0.2) is 0 Å². The van der Waals surface area contributed by atoms with Crippen molar-refractivity contribution in [1.29, 1.82) is 0 Å². The highest BCUT2D eigenvalue weighted by Crippen LogP contribution is 2.17. The van der Waals surface area contributed by atoms with Crippen LogP contribution in [0.3, 0.4) is 0 Å². The van der Waals surface area contributed by atoms with Crippen LogP contribution in [0.4, 0.5) is 0 Å². The zero-order chi connectivity index (χ0) is 14.7. The molecule has 1 aliphatic heterocycles. The SMILES string of the molecule is Cc1cc(C)c(C=CC(=O)N2CCCC(O)C2)cc1C. The maximum absolute atomic E-state index is 12.1. The molecule has 1 atom stereocenters. The fourth-order valence-corrected chi connectivity index (χ4v) is 2.58. The monoisotopic (exact) mass is 273 g/mol. The summed E-state index contributed by atoms with van der Waals surface area (Å²) < 4.78 is 0. The fourth-order valence-electron chi connectivity index (χ4n) is 2.58. The summed E-state index contributed by atoms with van der Waals surface area (Å²) in [6.07, 6.45) is 4.80. The second-order valence-electron chi connectivity index (χ2n) is 5.71. The molecule has 0 radical (unpaired) electrons. The number of aliphatic hydroxyl groups is 1. The van der Waals surface area contributed by atoms with Crippen molar-refractivity contribution in [2.24, 2.45) is 0 Å². The molecule has 0 bridgehead atoms. The molecule has 1 saturated heterocycles.